The highest BCUT2D eigenvalue weighted by molar-refractivity contribution is 5.10. The highest BCUT2D eigenvalue weighted by Crippen LogP contribution is 2.31. The third-order valence-corrected chi connectivity index (χ3v) is 4.50. The van der Waals surface area contributed by atoms with E-state index < -0.39 is 0 Å². The molecule has 100 valence electrons. The predicted molar refractivity (Wildman–Crippen MR) is 70.7 cm³/mol. The number of hydrogen-bond acceptors (Lipinski definition) is 3. The van der Waals surface area contributed by atoms with Crippen LogP contribution in [0.5, 0.6) is 0 Å². The van der Waals surface area contributed by atoms with Gasteiger partial charge in [-0.3, -0.25) is 0 Å². The third-order valence-electron chi connectivity index (χ3n) is 4.50. The van der Waals surface area contributed by atoms with Crippen LogP contribution in [0.2, 0.25) is 0 Å². The summed E-state index contributed by atoms with van der Waals surface area (Å²) < 4.78 is 7.90. The Morgan fingerprint density at radius 3 is 3.17 bits per heavy atom. The third kappa shape index (κ3) is 2.31. The summed E-state index contributed by atoms with van der Waals surface area (Å²) in [6.45, 7) is 6.39. The van der Waals surface area contributed by atoms with Crippen LogP contribution in [0.15, 0.2) is 12.5 Å². The van der Waals surface area contributed by atoms with Crippen molar-refractivity contribution < 1.29 is 4.74 Å². The Labute approximate surface area is 109 Å². The van der Waals surface area contributed by atoms with E-state index in [2.05, 4.69) is 28.0 Å². The summed E-state index contributed by atoms with van der Waals surface area (Å²) in [7, 11) is 0. The fourth-order valence-corrected chi connectivity index (χ4v) is 3.24. The summed E-state index contributed by atoms with van der Waals surface area (Å²) in [5, 5.41) is 3.49. The Bertz CT molecular complexity index is 378. The molecule has 0 bridgehead atoms. The van der Waals surface area contributed by atoms with Crippen molar-refractivity contribution in [2.24, 2.45) is 5.92 Å². The van der Waals surface area contributed by atoms with Gasteiger partial charge in [0.1, 0.15) is 0 Å². The largest absolute Gasteiger partial charge is 0.381 e. The number of nitrogens with one attached hydrogen (secondary N) is 1. The van der Waals surface area contributed by atoms with Crippen LogP contribution in [0.25, 0.3) is 0 Å². The fraction of sp³-hybridized carbons (Fsp3) is 0.786. The minimum absolute atomic E-state index is 0.506. The number of hydrogen-bond donors (Lipinski definition) is 1. The van der Waals surface area contributed by atoms with E-state index in [0.717, 1.165) is 26.3 Å². The van der Waals surface area contributed by atoms with Crippen LogP contribution in [0.1, 0.15) is 43.8 Å². The van der Waals surface area contributed by atoms with Gasteiger partial charge in [0, 0.05) is 42.9 Å². The van der Waals surface area contributed by atoms with Crippen molar-refractivity contribution >= 4 is 0 Å². The lowest BCUT2D eigenvalue weighted by molar-refractivity contribution is 0.174. The first-order valence-corrected chi connectivity index (χ1v) is 7.16. The quantitative estimate of drug-likeness (QED) is 0.890. The molecular weight excluding hydrogens is 226 g/mol. The molecule has 1 aromatic rings. The molecule has 3 heterocycles. The van der Waals surface area contributed by atoms with Gasteiger partial charge in [-0.25, -0.2) is 4.98 Å². The molecule has 0 saturated carbocycles. The van der Waals surface area contributed by atoms with Crippen molar-refractivity contribution in [3.05, 3.63) is 18.2 Å². The number of nitrogens with zero attached hydrogens (tertiary/aromatic N) is 2. The molecule has 18 heavy (non-hydrogen) atoms. The molecular formula is C14H23N3O. The van der Waals surface area contributed by atoms with Crippen molar-refractivity contribution in [3.63, 3.8) is 0 Å². The number of ether oxygens (including phenoxy) is 1. The number of imidazole rings is 1. The Hall–Kier alpha value is -0.870. The van der Waals surface area contributed by atoms with Crippen LogP contribution in [-0.4, -0.2) is 35.9 Å². The molecule has 3 unspecified atom stereocenters. The molecule has 0 spiro atoms. The van der Waals surface area contributed by atoms with Crippen molar-refractivity contribution in [2.45, 2.75) is 38.1 Å². The van der Waals surface area contributed by atoms with E-state index in [4.69, 9.17) is 4.74 Å². The van der Waals surface area contributed by atoms with Gasteiger partial charge >= 0.3 is 0 Å². The first-order valence-electron chi connectivity index (χ1n) is 7.16. The van der Waals surface area contributed by atoms with Crippen molar-refractivity contribution in [1.82, 2.24) is 14.9 Å². The summed E-state index contributed by atoms with van der Waals surface area (Å²) in [6, 6.07) is 0.506. The van der Waals surface area contributed by atoms with E-state index in [1.165, 1.54) is 25.0 Å². The van der Waals surface area contributed by atoms with Gasteiger partial charge in [-0.15, -0.1) is 0 Å². The maximum Gasteiger partial charge on any atom is 0.0950 e. The summed E-state index contributed by atoms with van der Waals surface area (Å²) in [4.78, 5) is 4.38. The Morgan fingerprint density at radius 2 is 2.44 bits per heavy atom. The van der Waals surface area contributed by atoms with Crippen molar-refractivity contribution in [3.8, 4) is 0 Å². The normalized spacial score (nSPS) is 30.5. The summed E-state index contributed by atoms with van der Waals surface area (Å²) >= 11 is 0. The van der Waals surface area contributed by atoms with Gasteiger partial charge in [-0.05, 0) is 32.7 Å². The van der Waals surface area contributed by atoms with Gasteiger partial charge in [0.05, 0.1) is 12.9 Å². The summed E-state index contributed by atoms with van der Waals surface area (Å²) in [5.74, 6) is 1.28. The molecule has 2 aliphatic rings. The van der Waals surface area contributed by atoms with Gasteiger partial charge in [0.15, 0.2) is 0 Å². The Balaban J connectivity index is 1.77. The number of aromatic nitrogens is 2. The van der Waals surface area contributed by atoms with Gasteiger partial charge in [-0.2, -0.15) is 0 Å². The molecule has 0 amide bonds. The highest BCUT2D eigenvalue weighted by atomic mass is 16.5. The van der Waals surface area contributed by atoms with Crippen molar-refractivity contribution in [2.75, 3.05) is 26.3 Å². The van der Waals surface area contributed by atoms with Crippen LogP contribution in [0.3, 0.4) is 0 Å². The van der Waals surface area contributed by atoms with Crippen molar-refractivity contribution in [1.29, 1.82) is 0 Å². The van der Waals surface area contributed by atoms with Crippen LogP contribution in [0, 0.1) is 5.92 Å². The molecule has 0 radical (unpaired) electrons. The van der Waals surface area contributed by atoms with Gasteiger partial charge in [-0.1, -0.05) is 0 Å². The van der Waals surface area contributed by atoms with E-state index in [9.17, 15) is 0 Å². The average Bonchev–Trinajstić information content (AvgIpc) is 3.10. The SMILES string of the molecule is CC(C1CCOC1)n1cncc1C1CCCNC1. The molecule has 1 aromatic heterocycles. The standard InChI is InChI=1S/C14H23N3O/c1-11(13-4-6-18-9-13)17-10-16-8-14(17)12-3-2-5-15-7-12/h8,10-13,15H,2-7,9H2,1H3. The Kier molecular flexibility index (Phi) is 3.66. The Morgan fingerprint density at radius 1 is 1.50 bits per heavy atom. The van der Waals surface area contributed by atoms with E-state index >= 15 is 0 Å². The molecule has 2 saturated heterocycles. The van der Waals surface area contributed by atoms with Crippen LogP contribution in [0.4, 0.5) is 0 Å². The van der Waals surface area contributed by atoms with E-state index in [0.29, 0.717) is 17.9 Å². The van der Waals surface area contributed by atoms with Gasteiger partial charge in [0.2, 0.25) is 0 Å². The minimum atomic E-state index is 0.506. The maximum atomic E-state index is 5.52. The first kappa shape index (κ1) is 12.2. The van der Waals surface area contributed by atoms with Crippen LogP contribution >= 0.6 is 0 Å². The molecule has 2 aliphatic heterocycles. The molecule has 2 fully saturated rings. The maximum absolute atomic E-state index is 5.52. The zero-order valence-corrected chi connectivity index (χ0v) is 11.1. The highest BCUT2D eigenvalue weighted by Gasteiger charge is 2.27. The first-order chi connectivity index (χ1) is 8.86. The minimum Gasteiger partial charge on any atom is -0.381 e. The predicted octanol–water partition coefficient (Wildman–Crippen LogP) is 1.95. The zero-order valence-electron chi connectivity index (χ0n) is 11.1. The zero-order chi connectivity index (χ0) is 12.4. The fourth-order valence-electron chi connectivity index (χ4n) is 3.24. The van der Waals surface area contributed by atoms with Crippen LogP contribution in [-0.2, 0) is 4.74 Å². The average molecular weight is 249 g/mol. The van der Waals surface area contributed by atoms with Gasteiger partial charge < -0.3 is 14.6 Å². The smallest absolute Gasteiger partial charge is 0.0950 e. The lowest BCUT2D eigenvalue weighted by Gasteiger charge is -2.28. The van der Waals surface area contributed by atoms with E-state index in [1.54, 1.807) is 0 Å². The van der Waals surface area contributed by atoms with Gasteiger partial charge in [0.25, 0.3) is 0 Å². The second kappa shape index (κ2) is 5.41. The molecule has 1 N–H and O–H groups in total. The molecule has 0 aromatic carbocycles. The van der Waals surface area contributed by atoms with Crippen LogP contribution < -0.4 is 5.32 Å². The number of rotatable bonds is 3. The molecule has 0 aliphatic carbocycles. The monoisotopic (exact) mass is 249 g/mol. The number of piperidine rings is 1. The summed E-state index contributed by atoms with van der Waals surface area (Å²) in [6.07, 6.45) is 7.81. The molecule has 4 nitrogen and oxygen atoms in total. The molecule has 4 heteroatoms. The lowest BCUT2D eigenvalue weighted by Crippen LogP contribution is -2.30. The van der Waals surface area contributed by atoms with E-state index in [1.807, 2.05) is 6.33 Å². The second-order valence-electron chi connectivity index (χ2n) is 5.63. The molecule has 3 rings (SSSR count). The van der Waals surface area contributed by atoms with E-state index in [-0.39, 0.29) is 0 Å². The summed E-state index contributed by atoms with van der Waals surface area (Å²) in [5.41, 5.74) is 1.40. The second-order valence-corrected chi connectivity index (χ2v) is 5.63. The lowest BCUT2D eigenvalue weighted by atomic mass is 9.94. The topological polar surface area (TPSA) is 39.1 Å². The molecule has 3 atom stereocenters.